The Hall–Kier alpha value is -3.04. The molecule has 2 aromatic heterocycles. The zero-order chi connectivity index (χ0) is 22.4. The van der Waals surface area contributed by atoms with E-state index in [2.05, 4.69) is 49.7 Å². The van der Waals surface area contributed by atoms with Gasteiger partial charge < -0.3 is 15.5 Å². The number of fused-ring (bicyclic) bond motifs is 2. The Labute approximate surface area is 192 Å². The Balaban J connectivity index is 1.17. The Morgan fingerprint density at radius 1 is 1.09 bits per heavy atom. The average Bonchev–Trinajstić information content (AvgIpc) is 3.43. The molecule has 172 valence electrons. The van der Waals surface area contributed by atoms with Crippen molar-refractivity contribution in [2.75, 3.05) is 31.7 Å². The normalized spacial score (nSPS) is 26.2. The summed E-state index contributed by atoms with van der Waals surface area (Å²) in [7, 11) is 0. The van der Waals surface area contributed by atoms with Crippen LogP contribution < -0.4 is 10.7 Å². The van der Waals surface area contributed by atoms with E-state index in [0.29, 0.717) is 23.4 Å². The van der Waals surface area contributed by atoms with Gasteiger partial charge in [0.05, 0.1) is 17.2 Å². The highest BCUT2D eigenvalue weighted by Crippen LogP contribution is 2.31. The molecule has 9 nitrogen and oxygen atoms in total. The van der Waals surface area contributed by atoms with Crippen LogP contribution in [-0.2, 0) is 11.3 Å². The number of amides is 1. The molecular formula is C24H29N7O2. The van der Waals surface area contributed by atoms with Gasteiger partial charge in [-0.15, -0.1) is 0 Å². The van der Waals surface area contributed by atoms with Crippen LogP contribution in [0.25, 0.3) is 11.0 Å². The largest absolute Gasteiger partial charge is 0.381 e. The minimum Gasteiger partial charge on any atom is -0.381 e. The van der Waals surface area contributed by atoms with Crippen LogP contribution in [0.5, 0.6) is 0 Å². The van der Waals surface area contributed by atoms with Gasteiger partial charge in [-0.25, -0.2) is 9.66 Å². The molecule has 1 amide bonds. The highest BCUT2D eigenvalue weighted by Gasteiger charge is 2.40. The molecular weight excluding hydrogens is 418 g/mol. The summed E-state index contributed by atoms with van der Waals surface area (Å²) in [5.41, 5.74) is 7.25. The van der Waals surface area contributed by atoms with Crippen molar-refractivity contribution in [3.63, 3.8) is 0 Å². The first-order valence-corrected chi connectivity index (χ1v) is 11.8. The van der Waals surface area contributed by atoms with E-state index < -0.39 is 0 Å². The van der Waals surface area contributed by atoms with Crippen LogP contribution in [0.2, 0.25) is 0 Å². The maximum absolute atomic E-state index is 12.9. The number of rotatable bonds is 4. The first-order chi connectivity index (χ1) is 16.2. The lowest BCUT2D eigenvalue weighted by Crippen LogP contribution is -2.55. The first kappa shape index (κ1) is 20.6. The summed E-state index contributed by atoms with van der Waals surface area (Å²) in [5.74, 6) is 1.96. The van der Waals surface area contributed by atoms with E-state index in [0.717, 1.165) is 62.5 Å². The predicted molar refractivity (Wildman–Crippen MR) is 123 cm³/mol. The SMILES string of the molecule is CC1CN(Cc2ccc3nccnc3c2)CC1C1NC(=O)c2cnc(C3CCOCC3)n2N1. The van der Waals surface area contributed by atoms with E-state index in [1.165, 1.54) is 5.56 Å². The maximum atomic E-state index is 12.9. The third-order valence-corrected chi connectivity index (χ3v) is 7.28. The highest BCUT2D eigenvalue weighted by molar-refractivity contribution is 5.93. The Morgan fingerprint density at radius 3 is 2.76 bits per heavy atom. The van der Waals surface area contributed by atoms with Gasteiger partial charge in [-0.05, 0) is 36.5 Å². The number of carbonyl (C=O) groups is 1. The molecule has 3 atom stereocenters. The molecule has 3 aliphatic rings. The number of nitrogens with zero attached hydrogens (tertiary/aromatic N) is 5. The molecule has 5 heterocycles. The average molecular weight is 448 g/mol. The van der Waals surface area contributed by atoms with Gasteiger partial charge in [0.2, 0.25) is 0 Å². The summed E-state index contributed by atoms with van der Waals surface area (Å²) in [5, 5.41) is 3.19. The number of aromatic nitrogens is 4. The van der Waals surface area contributed by atoms with E-state index in [4.69, 9.17) is 4.74 Å². The standard InChI is InChI=1S/C24H29N7O2/c1-15-12-30(13-16-2-3-19-20(10-16)26-7-6-25-19)14-18(15)22-28-24(32)21-11-27-23(31(21)29-22)17-4-8-33-9-5-17/h2-3,6-7,10-11,15,17-18,22,29H,4-5,8-9,12-14H2,1H3,(H,28,32). The third kappa shape index (κ3) is 3.85. The molecule has 0 spiro atoms. The smallest absolute Gasteiger partial charge is 0.273 e. The van der Waals surface area contributed by atoms with E-state index in [1.807, 2.05) is 10.7 Å². The van der Waals surface area contributed by atoms with Gasteiger partial charge in [-0.1, -0.05) is 13.0 Å². The number of hydrogen-bond acceptors (Lipinski definition) is 7. The second kappa shape index (κ2) is 8.39. The van der Waals surface area contributed by atoms with Crippen molar-refractivity contribution < 1.29 is 9.53 Å². The van der Waals surface area contributed by atoms with Gasteiger partial charge in [0, 0.05) is 57.1 Å². The molecule has 2 saturated heterocycles. The molecule has 3 aromatic rings. The van der Waals surface area contributed by atoms with Crippen molar-refractivity contribution in [2.24, 2.45) is 11.8 Å². The lowest BCUT2D eigenvalue weighted by Gasteiger charge is -2.35. The van der Waals surface area contributed by atoms with E-state index in [9.17, 15) is 4.79 Å². The van der Waals surface area contributed by atoms with Crippen LogP contribution in [-0.4, -0.2) is 62.9 Å². The van der Waals surface area contributed by atoms with E-state index in [-0.39, 0.29) is 12.1 Å². The number of imidazole rings is 1. The molecule has 3 unspecified atom stereocenters. The molecule has 33 heavy (non-hydrogen) atoms. The van der Waals surface area contributed by atoms with E-state index >= 15 is 0 Å². The van der Waals surface area contributed by atoms with Crippen molar-refractivity contribution in [2.45, 2.75) is 38.4 Å². The quantitative estimate of drug-likeness (QED) is 0.632. The molecule has 0 radical (unpaired) electrons. The second-order valence-electron chi connectivity index (χ2n) is 9.52. The van der Waals surface area contributed by atoms with Crippen molar-refractivity contribution in [3.8, 4) is 0 Å². The number of ether oxygens (including phenoxy) is 1. The number of hydrogen-bond donors (Lipinski definition) is 2. The van der Waals surface area contributed by atoms with E-state index in [1.54, 1.807) is 18.6 Å². The lowest BCUT2D eigenvalue weighted by molar-refractivity contribution is 0.0818. The summed E-state index contributed by atoms with van der Waals surface area (Å²) in [6.45, 7) is 6.52. The van der Waals surface area contributed by atoms with Crippen LogP contribution in [0.15, 0.2) is 36.8 Å². The molecule has 6 rings (SSSR count). The van der Waals surface area contributed by atoms with Gasteiger partial charge in [0.25, 0.3) is 5.91 Å². The summed E-state index contributed by atoms with van der Waals surface area (Å²) >= 11 is 0. The minimum absolute atomic E-state index is 0.0525. The zero-order valence-corrected chi connectivity index (χ0v) is 18.8. The van der Waals surface area contributed by atoms with Crippen LogP contribution in [0.1, 0.15) is 47.6 Å². The number of nitrogens with one attached hydrogen (secondary N) is 2. The molecule has 0 bridgehead atoms. The van der Waals surface area contributed by atoms with Crippen LogP contribution in [0, 0.1) is 11.8 Å². The predicted octanol–water partition coefficient (Wildman–Crippen LogP) is 2.10. The Morgan fingerprint density at radius 2 is 1.91 bits per heavy atom. The van der Waals surface area contributed by atoms with Crippen molar-refractivity contribution in [3.05, 3.63) is 53.9 Å². The van der Waals surface area contributed by atoms with Gasteiger partial charge in [0.1, 0.15) is 17.7 Å². The lowest BCUT2D eigenvalue weighted by atomic mass is 9.94. The number of likely N-dealkylation sites (tertiary alicyclic amines) is 1. The van der Waals surface area contributed by atoms with Crippen molar-refractivity contribution in [1.29, 1.82) is 0 Å². The van der Waals surface area contributed by atoms with Crippen molar-refractivity contribution >= 4 is 16.9 Å². The van der Waals surface area contributed by atoms with Crippen LogP contribution in [0.3, 0.4) is 0 Å². The summed E-state index contributed by atoms with van der Waals surface area (Å²) in [6, 6.07) is 6.29. The number of carbonyl (C=O) groups excluding carboxylic acids is 1. The summed E-state index contributed by atoms with van der Waals surface area (Å²) < 4.78 is 7.46. The maximum Gasteiger partial charge on any atom is 0.273 e. The molecule has 2 fully saturated rings. The first-order valence-electron chi connectivity index (χ1n) is 11.8. The molecule has 1 aromatic carbocycles. The third-order valence-electron chi connectivity index (χ3n) is 7.28. The van der Waals surface area contributed by atoms with Crippen molar-refractivity contribution in [1.82, 2.24) is 29.8 Å². The van der Waals surface area contributed by atoms with Gasteiger partial charge in [-0.2, -0.15) is 0 Å². The summed E-state index contributed by atoms with van der Waals surface area (Å²) in [4.78, 5) is 28.8. The van der Waals surface area contributed by atoms with Gasteiger partial charge >= 0.3 is 0 Å². The molecule has 2 N–H and O–H groups in total. The highest BCUT2D eigenvalue weighted by atomic mass is 16.5. The topological polar surface area (TPSA) is 97.2 Å². The number of benzene rings is 1. The fourth-order valence-electron chi connectivity index (χ4n) is 5.52. The van der Waals surface area contributed by atoms with Gasteiger partial charge in [-0.3, -0.25) is 19.7 Å². The molecule has 0 aliphatic carbocycles. The fourth-order valence-corrected chi connectivity index (χ4v) is 5.52. The molecule has 9 heteroatoms. The minimum atomic E-state index is -0.125. The zero-order valence-electron chi connectivity index (χ0n) is 18.8. The molecule has 0 saturated carbocycles. The fraction of sp³-hybridized carbons (Fsp3) is 0.500. The van der Waals surface area contributed by atoms with Gasteiger partial charge in [0.15, 0.2) is 0 Å². The second-order valence-corrected chi connectivity index (χ2v) is 9.52. The monoisotopic (exact) mass is 447 g/mol. The molecule has 3 aliphatic heterocycles. The Kier molecular flexibility index (Phi) is 5.22. The summed E-state index contributed by atoms with van der Waals surface area (Å²) in [6.07, 6.45) is 6.90. The van der Waals surface area contributed by atoms with Crippen LogP contribution >= 0.6 is 0 Å². The van der Waals surface area contributed by atoms with Crippen LogP contribution in [0.4, 0.5) is 0 Å². The Bertz CT molecular complexity index is 1170.